The molecule has 4 rings (SSSR count). The molecular weight excluding hydrogens is 423 g/mol. The highest BCUT2D eigenvalue weighted by Crippen LogP contribution is 2.28. The molecule has 0 aliphatic carbocycles. The number of nitrogens with zero attached hydrogens (tertiary/aromatic N) is 3. The van der Waals surface area contributed by atoms with Crippen LogP contribution in [0.15, 0.2) is 53.5 Å². The minimum Gasteiger partial charge on any atom is -0.490 e. The Labute approximate surface area is 186 Å². The van der Waals surface area contributed by atoms with Gasteiger partial charge in [0, 0.05) is 37.5 Å². The Morgan fingerprint density at radius 1 is 1.13 bits per heavy atom. The first-order valence-corrected chi connectivity index (χ1v) is 10.9. The SMILES string of the molecule is Clc1ccc(OC2CCN(CCCNc3nccc(-c4ccoc4)n3)CC2)cc1Cl. The number of halogens is 2. The molecule has 1 aliphatic heterocycles. The van der Waals surface area contributed by atoms with E-state index in [0.29, 0.717) is 16.0 Å². The number of likely N-dealkylation sites (tertiary alicyclic amines) is 1. The van der Waals surface area contributed by atoms with Gasteiger partial charge in [-0.15, -0.1) is 0 Å². The van der Waals surface area contributed by atoms with E-state index in [1.165, 1.54) is 0 Å². The molecule has 0 amide bonds. The van der Waals surface area contributed by atoms with Crippen molar-refractivity contribution in [2.24, 2.45) is 0 Å². The molecule has 1 aromatic carbocycles. The molecule has 2 aromatic heterocycles. The molecule has 3 heterocycles. The van der Waals surface area contributed by atoms with Crippen molar-refractivity contribution in [2.75, 3.05) is 31.5 Å². The van der Waals surface area contributed by atoms with Crippen molar-refractivity contribution >= 4 is 29.2 Å². The molecule has 8 heteroatoms. The van der Waals surface area contributed by atoms with Crippen LogP contribution in [0.5, 0.6) is 5.75 Å². The summed E-state index contributed by atoms with van der Waals surface area (Å²) in [6.45, 7) is 3.92. The topological polar surface area (TPSA) is 63.4 Å². The monoisotopic (exact) mass is 446 g/mol. The molecule has 1 fully saturated rings. The number of ether oxygens (including phenoxy) is 1. The largest absolute Gasteiger partial charge is 0.490 e. The van der Waals surface area contributed by atoms with Crippen LogP contribution in [-0.4, -0.2) is 47.2 Å². The Hall–Kier alpha value is -2.28. The van der Waals surface area contributed by atoms with Crippen LogP contribution in [0.3, 0.4) is 0 Å². The van der Waals surface area contributed by atoms with Gasteiger partial charge in [-0.25, -0.2) is 9.97 Å². The molecule has 0 radical (unpaired) electrons. The van der Waals surface area contributed by atoms with Crippen LogP contribution >= 0.6 is 23.2 Å². The summed E-state index contributed by atoms with van der Waals surface area (Å²) in [6, 6.07) is 9.19. The van der Waals surface area contributed by atoms with Crippen molar-refractivity contribution in [1.29, 1.82) is 0 Å². The van der Waals surface area contributed by atoms with Gasteiger partial charge in [0.2, 0.25) is 5.95 Å². The minimum absolute atomic E-state index is 0.218. The number of rotatable bonds is 8. The molecular formula is C22H24Cl2N4O2. The molecule has 0 spiro atoms. The zero-order valence-electron chi connectivity index (χ0n) is 16.6. The normalized spacial score (nSPS) is 15.3. The summed E-state index contributed by atoms with van der Waals surface area (Å²) >= 11 is 12.0. The van der Waals surface area contributed by atoms with Gasteiger partial charge in [0.15, 0.2) is 0 Å². The van der Waals surface area contributed by atoms with E-state index in [9.17, 15) is 0 Å². The van der Waals surface area contributed by atoms with Gasteiger partial charge in [0.05, 0.1) is 28.3 Å². The second kappa shape index (κ2) is 10.2. The molecule has 3 aromatic rings. The maximum absolute atomic E-state index is 6.07. The molecule has 158 valence electrons. The highest BCUT2D eigenvalue weighted by molar-refractivity contribution is 6.42. The third-order valence-corrected chi connectivity index (χ3v) is 5.87. The third kappa shape index (κ3) is 5.65. The van der Waals surface area contributed by atoms with Gasteiger partial charge >= 0.3 is 0 Å². The lowest BCUT2D eigenvalue weighted by Gasteiger charge is -2.32. The summed E-state index contributed by atoms with van der Waals surface area (Å²) in [5.41, 5.74) is 1.80. The van der Waals surface area contributed by atoms with Gasteiger partial charge in [-0.3, -0.25) is 0 Å². The molecule has 0 bridgehead atoms. The predicted octanol–water partition coefficient (Wildman–Crippen LogP) is 5.39. The number of piperidine rings is 1. The number of hydrogen-bond donors (Lipinski definition) is 1. The van der Waals surface area contributed by atoms with E-state index in [0.717, 1.165) is 62.4 Å². The number of nitrogens with one attached hydrogen (secondary N) is 1. The predicted molar refractivity (Wildman–Crippen MR) is 119 cm³/mol. The van der Waals surface area contributed by atoms with Crippen molar-refractivity contribution in [3.63, 3.8) is 0 Å². The molecule has 1 saturated heterocycles. The third-order valence-electron chi connectivity index (χ3n) is 5.14. The van der Waals surface area contributed by atoms with E-state index in [1.807, 2.05) is 18.2 Å². The fourth-order valence-electron chi connectivity index (χ4n) is 3.51. The van der Waals surface area contributed by atoms with Gasteiger partial charge in [-0.05, 0) is 50.1 Å². The first kappa shape index (κ1) is 21.0. The second-order valence-electron chi connectivity index (χ2n) is 7.29. The maximum atomic E-state index is 6.07. The molecule has 1 N–H and O–H groups in total. The Kier molecular flexibility index (Phi) is 7.10. The zero-order chi connectivity index (χ0) is 20.8. The van der Waals surface area contributed by atoms with E-state index in [-0.39, 0.29) is 6.10 Å². The van der Waals surface area contributed by atoms with Crippen LogP contribution in [0.2, 0.25) is 10.0 Å². The van der Waals surface area contributed by atoms with E-state index >= 15 is 0 Å². The Balaban J connectivity index is 1.16. The number of aromatic nitrogens is 2. The molecule has 0 saturated carbocycles. The van der Waals surface area contributed by atoms with Gasteiger partial charge in [0.1, 0.15) is 11.9 Å². The molecule has 30 heavy (non-hydrogen) atoms. The zero-order valence-corrected chi connectivity index (χ0v) is 18.1. The van der Waals surface area contributed by atoms with Crippen LogP contribution < -0.4 is 10.1 Å². The van der Waals surface area contributed by atoms with Gasteiger partial charge in [0.25, 0.3) is 0 Å². The Morgan fingerprint density at radius 3 is 2.77 bits per heavy atom. The number of benzene rings is 1. The van der Waals surface area contributed by atoms with Crippen LogP contribution in [0.25, 0.3) is 11.3 Å². The summed E-state index contributed by atoms with van der Waals surface area (Å²) in [6.07, 6.45) is 8.33. The smallest absolute Gasteiger partial charge is 0.223 e. The average molecular weight is 447 g/mol. The fraction of sp³-hybridized carbons (Fsp3) is 0.364. The summed E-state index contributed by atoms with van der Waals surface area (Å²) in [4.78, 5) is 11.3. The molecule has 1 aliphatic rings. The van der Waals surface area contributed by atoms with E-state index < -0.39 is 0 Å². The molecule has 0 atom stereocenters. The number of hydrogen-bond acceptors (Lipinski definition) is 6. The van der Waals surface area contributed by atoms with Crippen molar-refractivity contribution in [3.05, 3.63) is 59.1 Å². The van der Waals surface area contributed by atoms with Gasteiger partial charge < -0.3 is 19.4 Å². The van der Waals surface area contributed by atoms with Crippen LogP contribution in [0.4, 0.5) is 5.95 Å². The quantitative estimate of drug-likeness (QED) is 0.468. The van der Waals surface area contributed by atoms with Crippen LogP contribution in [0, 0.1) is 0 Å². The summed E-state index contributed by atoms with van der Waals surface area (Å²) in [5, 5.41) is 4.38. The summed E-state index contributed by atoms with van der Waals surface area (Å²) in [5.74, 6) is 1.42. The molecule has 0 unspecified atom stereocenters. The van der Waals surface area contributed by atoms with Crippen LogP contribution in [0.1, 0.15) is 19.3 Å². The molecule has 6 nitrogen and oxygen atoms in total. The lowest BCUT2D eigenvalue weighted by atomic mass is 10.1. The average Bonchev–Trinajstić information content (AvgIpc) is 3.30. The Morgan fingerprint density at radius 2 is 2.00 bits per heavy atom. The maximum Gasteiger partial charge on any atom is 0.223 e. The van der Waals surface area contributed by atoms with Crippen LogP contribution in [-0.2, 0) is 0 Å². The lowest BCUT2D eigenvalue weighted by molar-refractivity contribution is 0.100. The van der Waals surface area contributed by atoms with Crippen molar-refractivity contribution in [3.8, 4) is 17.0 Å². The fourth-order valence-corrected chi connectivity index (χ4v) is 3.80. The first-order chi connectivity index (χ1) is 14.7. The highest BCUT2D eigenvalue weighted by atomic mass is 35.5. The number of furan rings is 1. The van der Waals surface area contributed by atoms with E-state index in [2.05, 4.69) is 20.2 Å². The minimum atomic E-state index is 0.218. The van der Waals surface area contributed by atoms with Crippen molar-refractivity contribution in [1.82, 2.24) is 14.9 Å². The van der Waals surface area contributed by atoms with Crippen molar-refractivity contribution in [2.45, 2.75) is 25.4 Å². The summed E-state index contributed by atoms with van der Waals surface area (Å²) < 4.78 is 11.2. The second-order valence-corrected chi connectivity index (χ2v) is 8.11. The number of anilines is 1. The van der Waals surface area contributed by atoms with Crippen molar-refractivity contribution < 1.29 is 9.15 Å². The van der Waals surface area contributed by atoms with E-state index in [4.69, 9.17) is 32.4 Å². The summed E-state index contributed by atoms with van der Waals surface area (Å²) in [7, 11) is 0. The van der Waals surface area contributed by atoms with Gasteiger partial charge in [-0.2, -0.15) is 0 Å². The lowest BCUT2D eigenvalue weighted by Crippen LogP contribution is -2.39. The highest BCUT2D eigenvalue weighted by Gasteiger charge is 2.20. The first-order valence-electron chi connectivity index (χ1n) is 10.1. The van der Waals surface area contributed by atoms with Gasteiger partial charge in [-0.1, -0.05) is 23.2 Å². The standard InChI is InChI=1S/C22H24Cl2N4O2/c23-19-3-2-18(14-20(19)24)30-17-5-11-28(12-6-17)10-1-8-25-22-26-9-4-21(27-22)16-7-13-29-15-16/h2-4,7,9,13-15,17H,1,5-6,8,10-12H2,(H,25,26,27). The van der Waals surface area contributed by atoms with E-state index in [1.54, 1.807) is 30.9 Å². The Bertz CT molecular complexity index is 944.